The Morgan fingerprint density at radius 1 is 0.354 bits per heavy atom. The van der Waals surface area contributed by atoms with Crippen LogP contribution < -0.4 is 9.47 Å². The minimum Gasteiger partial charge on any atom is -0.496 e. The van der Waals surface area contributed by atoms with E-state index in [1.165, 1.54) is 0 Å². The Morgan fingerprint density at radius 3 is 1.19 bits per heavy atom. The van der Waals surface area contributed by atoms with E-state index in [1.54, 1.807) is 14.2 Å². The molecule has 0 saturated carbocycles. The number of nitrogens with zero attached hydrogens (tertiary/aromatic N) is 4. The van der Waals surface area contributed by atoms with E-state index in [4.69, 9.17) is 29.4 Å². The van der Waals surface area contributed by atoms with Crippen molar-refractivity contribution in [1.29, 1.82) is 0 Å². The maximum absolute atomic E-state index is 5.81. The summed E-state index contributed by atoms with van der Waals surface area (Å²) in [5.41, 5.74) is 8.89. The van der Waals surface area contributed by atoms with Crippen molar-refractivity contribution < 1.29 is 9.47 Å². The van der Waals surface area contributed by atoms with Gasteiger partial charge in [-0.2, -0.15) is 0 Å². The van der Waals surface area contributed by atoms with E-state index in [0.717, 1.165) is 110 Å². The zero-order chi connectivity index (χ0) is 31.9. The summed E-state index contributed by atoms with van der Waals surface area (Å²) in [7, 11) is 3.43. The van der Waals surface area contributed by atoms with Crippen LogP contribution in [0.15, 0.2) is 121 Å². The van der Waals surface area contributed by atoms with Crippen molar-refractivity contribution in [2.24, 2.45) is 0 Å². The Bertz CT molecular complexity index is 2790. The van der Waals surface area contributed by atoms with Gasteiger partial charge in [-0.15, -0.1) is 0 Å². The summed E-state index contributed by atoms with van der Waals surface area (Å²) >= 11 is 0. The summed E-state index contributed by atoms with van der Waals surface area (Å²) < 4.78 is 11.6. The van der Waals surface area contributed by atoms with Gasteiger partial charge in [-0.3, -0.25) is 0 Å². The lowest BCUT2D eigenvalue weighted by molar-refractivity contribution is 0.420. The monoisotopic (exact) mass is 618 g/mol. The molecule has 10 rings (SSSR count). The van der Waals surface area contributed by atoms with E-state index in [1.807, 2.05) is 72.8 Å². The van der Waals surface area contributed by atoms with Crippen LogP contribution in [0.4, 0.5) is 0 Å². The van der Waals surface area contributed by atoms with E-state index < -0.39 is 0 Å². The number of fused-ring (bicyclic) bond motifs is 10. The Labute approximate surface area is 274 Å². The van der Waals surface area contributed by atoms with Crippen LogP contribution in [0.5, 0.6) is 11.5 Å². The van der Waals surface area contributed by atoms with Gasteiger partial charge < -0.3 is 9.47 Å². The van der Waals surface area contributed by atoms with Crippen LogP contribution in [-0.4, -0.2) is 34.2 Å². The molecule has 0 aliphatic heterocycles. The van der Waals surface area contributed by atoms with Crippen LogP contribution in [0, 0.1) is 0 Å². The van der Waals surface area contributed by atoms with E-state index in [9.17, 15) is 0 Å². The Balaban J connectivity index is 1.42. The molecule has 48 heavy (non-hydrogen) atoms. The summed E-state index contributed by atoms with van der Waals surface area (Å²) in [6.45, 7) is 0. The molecule has 2 aromatic heterocycles. The van der Waals surface area contributed by atoms with Gasteiger partial charge >= 0.3 is 0 Å². The average molecular weight is 619 g/mol. The molecular weight excluding hydrogens is 592 g/mol. The molecule has 0 aliphatic rings. The zero-order valence-corrected chi connectivity index (χ0v) is 26.2. The molecule has 10 aromatic rings. The van der Waals surface area contributed by atoms with Gasteiger partial charge in [0, 0.05) is 21.5 Å². The molecule has 6 nitrogen and oxygen atoms in total. The van der Waals surface area contributed by atoms with Gasteiger partial charge in [0.05, 0.1) is 58.4 Å². The van der Waals surface area contributed by atoms with E-state index >= 15 is 0 Å². The molecule has 0 atom stereocenters. The molecule has 0 saturated heterocycles. The van der Waals surface area contributed by atoms with Crippen LogP contribution in [-0.2, 0) is 0 Å². The lowest BCUT2D eigenvalue weighted by Gasteiger charge is -2.17. The first-order valence-corrected chi connectivity index (χ1v) is 15.9. The van der Waals surface area contributed by atoms with Crippen molar-refractivity contribution in [2.75, 3.05) is 14.2 Å². The maximum Gasteiger partial charge on any atom is 0.126 e. The lowest BCUT2D eigenvalue weighted by atomic mass is 9.89. The van der Waals surface area contributed by atoms with Gasteiger partial charge in [-0.05, 0) is 105 Å². The fourth-order valence-corrected chi connectivity index (χ4v) is 7.29. The molecule has 8 aromatic carbocycles. The maximum atomic E-state index is 5.81. The number of para-hydroxylation sites is 4. The molecule has 0 N–H and O–H groups in total. The number of methoxy groups -OCH3 is 2. The van der Waals surface area contributed by atoms with Crippen molar-refractivity contribution in [3.05, 3.63) is 121 Å². The summed E-state index contributed by atoms with van der Waals surface area (Å²) in [4.78, 5) is 20.6. The molecule has 226 valence electrons. The summed E-state index contributed by atoms with van der Waals surface area (Å²) in [5.74, 6) is 1.64. The molecule has 0 radical (unpaired) electrons. The first kappa shape index (κ1) is 26.8. The number of ether oxygens (including phenoxy) is 2. The highest BCUT2D eigenvalue weighted by atomic mass is 16.5. The molecule has 6 heteroatoms. The quantitative estimate of drug-likeness (QED) is 0.145. The van der Waals surface area contributed by atoms with E-state index in [-0.39, 0.29) is 0 Å². The molecule has 0 bridgehead atoms. The standard InChI is InChI=1S/C42H26N4O2/c1-47-39-15-7-9-23-17-27-29(21-37-41(31(27)19-25(23)39)45-35-13-5-3-11-33(35)43-37)30-22-38-42(46-36-14-6-4-12-34(36)44-38)32-20-26-24(18-28(30)32)10-8-16-40(26)48-2/h3-22H,1-2H3. The van der Waals surface area contributed by atoms with Crippen LogP contribution in [0.1, 0.15) is 0 Å². The van der Waals surface area contributed by atoms with Crippen LogP contribution in [0.25, 0.3) is 98.4 Å². The van der Waals surface area contributed by atoms with Gasteiger partial charge in [0.25, 0.3) is 0 Å². The van der Waals surface area contributed by atoms with Gasteiger partial charge in [0.2, 0.25) is 0 Å². The highest BCUT2D eigenvalue weighted by molar-refractivity contribution is 6.23. The van der Waals surface area contributed by atoms with Gasteiger partial charge in [0.1, 0.15) is 11.5 Å². The molecule has 0 amide bonds. The largest absolute Gasteiger partial charge is 0.496 e. The van der Waals surface area contributed by atoms with Crippen molar-refractivity contribution in [3.63, 3.8) is 0 Å². The number of rotatable bonds is 3. The number of hydrogen-bond acceptors (Lipinski definition) is 6. The van der Waals surface area contributed by atoms with Crippen molar-refractivity contribution >= 4 is 87.2 Å². The van der Waals surface area contributed by atoms with Gasteiger partial charge in [0.15, 0.2) is 0 Å². The molecular formula is C42H26N4O2. The average Bonchev–Trinajstić information content (AvgIpc) is 3.14. The van der Waals surface area contributed by atoms with E-state index in [2.05, 4.69) is 48.5 Å². The minimum atomic E-state index is 0.820. The predicted octanol–water partition coefficient (Wildman–Crippen LogP) is 10.2. The Hall–Kier alpha value is -6.40. The summed E-state index contributed by atoms with van der Waals surface area (Å²) in [6.07, 6.45) is 0. The van der Waals surface area contributed by atoms with Crippen LogP contribution >= 0.6 is 0 Å². The van der Waals surface area contributed by atoms with Crippen LogP contribution in [0.3, 0.4) is 0 Å². The predicted molar refractivity (Wildman–Crippen MR) is 196 cm³/mol. The topological polar surface area (TPSA) is 70.0 Å². The molecule has 2 heterocycles. The SMILES string of the molecule is COc1cccc2cc3c(-c4cc5nc6ccccc6nc5c5cc6c(OC)cccc6cc45)cc4nc5ccccc5nc4c3cc12. The molecule has 0 aliphatic carbocycles. The van der Waals surface area contributed by atoms with Crippen molar-refractivity contribution in [1.82, 2.24) is 19.9 Å². The van der Waals surface area contributed by atoms with Crippen molar-refractivity contribution in [2.45, 2.75) is 0 Å². The normalized spacial score (nSPS) is 12.0. The highest BCUT2D eigenvalue weighted by Crippen LogP contribution is 2.44. The molecule has 0 unspecified atom stereocenters. The van der Waals surface area contributed by atoms with Gasteiger partial charge in [-0.1, -0.05) is 48.5 Å². The number of benzene rings is 8. The minimum absolute atomic E-state index is 0.820. The van der Waals surface area contributed by atoms with Crippen LogP contribution in [0.2, 0.25) is 0 Å². The highest BCUT2D eigenvalue weighted by Gasteiger charge is 2.19. The fraction of sp³-hybridized carbons (Fsp3) is 0.0476. The second-order valence-corrected chi connectivity index (χ2v) is 12.2. The first-order chi connectivity index (χ1) is 23.7. The summed E-state index contributed by atoms with van der Waals surface area (Å²) in [6, 6.07) is 41.7. The smallest absolute Gasteiger partial charge is 0.126 e. The third kappa shape index (κ3) is 3.86. The fourth-order valence-electron chi connectivity index (χ4n) is 7.29. The number of aromatic nitrogens is 4. The Kier molecular flexibility index (Phi) is 5.61. The zero-order valence-electron chi connectivity index (χ0n) is 26.2. The van der Waals surface area contributed by atoms with E-state index in [0.29, 0.717) is 0 Å². The molecule has 0 spiro atoms. The second kappa shape index (κ2) is 10.0. The Morgan fingerprint density at radius 2 is 0.771 bits per heavy atom. The number of hydrogen-bond donors (Lipinski definition) is 0. The molecule has 0 fully saturated rings. The summed E-state index contributed by atoms with van der Waals surface area (Å²) in [5, 5.41) is 8.40. The third-order valence-electron chi connectivity index (χ3n) is 9.53. The lowest BCUT2D eigenvalue weighted by Crippen LogP contribution is -1.95. The van der Waals surface area contributed by atoms with Gasteiger partial charge in [-0.25, -0.2) is 19.9 Å². The van der Waals surface area contributed by atoms with Crippen molar-refractivity contribution in [3.8, 4) is 22.6 Å². The third-order valence-corrected chi connectivity index (χ3v) is 9.53. The first-order valence-electron chi connectivity index (χ1n) is 15.9. The second-order valence-electron chi connectivity index (χ2n) is 12.2.